The Bertz CT molecular complexity index is 552. The molecule has 1 aliphatic rings. The molecule has 2 N–H and O–H groups in total. The summed E-state index contributed by atoms with van der Waals surface area (Å²) in [6.07, 6.45) is 1.09. The van der Waals surface area contributed by atoms with E-state index in [0.717, 1.165) is 5.56 Å². The topological polar surface area (TPSA) is 86.0 Å². The molecule has 6 heteroatoms. The van der Waals surface area contributed by atoms with Crippen molar-refractivity contribution >= 4 is 35.1 Å². The average Bonchev–Trinajstić information content (AvgIpc) is 2.60. The van der Waals surface area contributed by atoms with Crippen molar-refractivity contribution in [3.8, 4) is 0 Å². The molecule has 0 aliphatic carbocycles. The number of nitrogens with zero attached hydrogens (tertiary/aromatic N) is 1. The number of quaternary nitrogens is 1. The normalized spacial score (nSPS) is 16.5. The smallest absolute Gasteiger partial charge is 0.231 e. The summed E-state index contributed by atoms with van der Waals surface area (Å²) in [6, 6.07) is 3.33. The number of hydrogen-bond donors (Lipinski definition) is 2. The van der Waals surface area contributed by atoms with Crippen LogP contribution in [0.2, 0.25) is 0 Å². The summed E-state index contributed by atoms with van der Waals surface area (Å²) in [5.74, 6) is -0.581. The molecule has 6 nitrogen and oxygen atoms in total. The summed E-state index contributed by atoms with van der Waals surface area (Å²) in [5, 5.41) is 13.9. The first kappa shape index (κ1) is 12.4. The molecule has 1 heterocycles. The van der Waals surface area contributed by atoms with Crippen molar-refractivity contribution in [2.45, 2.75) is 20.3 Å². The molecule has 1 amide bonds. The number of hydrogen-bond acceptors (Lipinski definition) is 4. The molecule has 0 aromatic heterocycles. The summed E-state index contributed by atoms with van der Waals surface area (Å²) < 4.78 is 0. The first-order valence-corrected chi connectivity index (χ1v) is 5.49. The average molecular weight is 247 g/mol. The van der Waals surface area contributed by atoms with Gasteiger partial charge in [0.05, 0.1) is 6.42 Å². The van der Waals surface area contributed by atoms with Crippen LogP contribution in [0.25, 0.3) is 0 Å². The number of hydroxylamine groups is 1. The number of rotatable bonds is 3. The molecule has 0 saturated carbocycles. The third-order valence-electron chi connectivity index (χ3n) is 2.61. The molecule has 0 spiro atoms. The molecule has 1 atom stereocenters. The highest BCUT2D eigenvalue weighted by molar-refractivity contribution is 6.04. The maximum Gasteiger partial charge on any atom is 0.231 e. The Morgan fingerprint density at radius 3 is 2.83 bits per heavy atom. The van der Waals surface area contributed by atoms with E-state index in [1.54, 1.807) is 12.1 Å². The first-order chi connectivity index (χ1) is 8.47. The van der Waals surface area contributed by atoms with Gasteiger partial charge < -0.3 is 10.5 Å². The largest absolute Gasteiger partial charge is 0.623 e. The van der Waals surface area contributed by atoms with Crippen molar-refractivity contribution in [1.82, 2.24) is 0 Å². The number of anilines is 1. The number of ketones is 1. The van der Waals surface area contributed by atoms with Crippen molar-refractivity contribution in [2.24, 2.45) is 4.99 Å². The van der Waals surface area contributed by atoms with E-state index < -0.39 is 0 Å². The van der Waals surface area contributed by atoms with Crippen molar-refractivity contribution in [1.29, 1.82) is 0 Å². The predicted octanol–water partition coefficient (Wildman–Crippen LogP) is 0.600. The van der Waals surface area contributed by atoms with Crippen LogP contribution in [-0.4, -0.2) is 18.0 Å². The van der Waals surface area contributed by atoms with Crippen molar-refractivity contribution in [3.63, 3.8) is 0 Å². The van der Waals surface area contributed by atoms with Gasteiger partial charge in [-0.3, -0.25) is 14.7 Å². The standard InChI is InChI=1S/C12H13N3O3/c1-7-3-10-11(15(18)6-13-10)5-9(7)14-12(17)4-8(2)16/h3,5-6,15H,4H2,1-2H3,(H,14,17). The molecule has 0 saturated heterocycles. The minimum absolute atomic E-state index is 0.166. The molecule has 0 radical (unpaired) electrons. The summed E-state index contributed by atoms with van der Waals surface area (Å²) in [7, 11) is 0. The van der Waals surface area contributed by atoms with E-state index in [2.05, 4.69) is 10.3 Å². The molecular weight excluding hydrogens is 234 g/mol. The lowest BCUT2D eigenvalue weighted by Gasteiger charge is -2.14. The Morgan fingerprint density at radius 1 is 1.44 bits per heavy atom. The second-order valence-electron chi connectivity index (χ2n) is 4.23. The molecule has 1 aromatic rings. The van der Waals surface area contributed by atoms with Gasteiger partial charge in [0.25, 0.3) is 0 Å². The fourth-order valence-corrected chi connectivity index (χ4v) is 1.75. The lowest BCUT2D eigenvalue weighted by Crippen LogP contribution is -2.99. The van der Waals surface area contributed by atoms with Gasteiger partial charge in [-0.05, 0) is 25.5 Å². The summed E-state index contributed by atoms with van der Waals surface area (Å²) in [6.45, 7) is 3.16. The molecule has 0 bridgehead atoms. The Morgan fingerprint density at radius 2 is 2.17 bits per heavy atom. The van der Waals surface area contributed by atoms with E-state index in [1.807, 2.05) is 6.92 Å². The Kier molecular flexibility index (Phi) is 3.22. The quantitative estimate of drug-likeness (QED) is 0.605. The molecule has 94 valence electrons. The number of fused-ring (bicyclic) bond motifs is 1. The zero-order valence-corrected chi connectivity index (χ0v) is 10.1. The van der Waals surface area contributed by atoms with Crippen molar-refractivity contribution < 1.29 is 14.7 Å². The number of benzene rings is 1. The van der Waals surface area contributed by atoms with Gasteiger partial charge in [-0.15, -0.1) is 0 Å². The maximum absolute atomic E-state index is 11.5. The summed E-state index contributed by atoms with van der Waals surface area (Å²) in [4.78, 5) is 26.3. The third-order valence-corrected chi connectivity index (χ3v) is 2.61. The van der Waals surface area contributed by atoms with Crippen LogP contribution in [0.1, 0.15) is 18.9 Å². The van der Waals surface area contributed by atoms with E-state index in [1.165, 1.54) is 13.3 Å². The molecule has 18 heavy (non-hydrogen) atoms. The highest BCUT2D eigenvalue weighted by Crippen LogP contribution is 2.30. The van der Waals surface area contributed by atoms with Crippen LogP contribution in [0.4, 0.5) is 17.1 Å². The minimum atomic E-state index is -0.378. The highest BCUT2D eigenvalue weighted by atomic mass is 16.5. The zero-order chi connectivity index (χ0) is 13.3. The molecular formula is C12H13N3O3. The molecule has 0 fully saturated rings. The van der Waals surface area contributed by atoms with E-state index in [0.29, 0.717) is 17.1 Å². The van der Waals surface area contributed by atoms with Gasteiger partial charge in [0.1, 0.15) is 11.5 Å². The highest BCUT2D eigenvalue weighted by Gasteiger charge is 2.18. The van der Waals surface area contributed by atoms with Gasteiger partial charge in [0.15, 0.2) is 12.0 Å². The molecule has 1 aliphatic heterocycles. The number of nitrogens with one attached hydrogen (secondary N) is 2. The van der Waals surface area contributed by atoms with Crippen molar-refractivity contribution in [3.05, 3.63) is 22.9 Å². The monoisotopic (exact) mass is 247 g/mol. The first-order valence-electron chi connectivity index (χ1n) is 5.49. The SMILES string of the molecule is CC(=O)CC(=O)Nc1cc2c(cc1C)N=C[NH+]2[O-]. The van der Waals surface area contributed by atoms with Crippen LogP contribution in [0.3, 0.4) is 0 Å². The van der Waals surface area contributed by atoms with E-state index in [4.69, 9.17) is 0 Å². The van der Waals surface area contributed by atoms with Gasteiger partial charge in [-0.2, -0.15) is 4.99 Å². The summed E-state index contributed by atoms with van der Waals surface area (Å²) in [5.41, 5.74) is 2.43. The van der Waals surface area contributed by atoms with Gasteiger partial charge in [0.2, 0.25) is 5.91 Å². The van der Waals surface area contributed by atoms with Crippen LogP contribution in [-0.2, 0) is 9.59 Å². The fourth-order valence-electron chi connectivity index (χ4n) is 1.75. The van der Waals surface area contributed by atoms with Gasteiger partial charge in [0, 0.05) is 11.8 Å². The second kappa shape index (κ2) is 4.67. The predicted molar refractivity (Wildman–Crippen MR) is 67.2 cm³/mol. The number of aliphatic imine (C=N–C) groups is 1. The Hall–Kier alpha value is -2.05. The van der Waals surface area contributed by atoms with Crippen LogP contribution < -0.4 is 10.4 Å². The zero-order valence-electron chi connectivity index (χ0n) is 10.1. The minimum Gasteiger partial charge on any atom is -0.623 e. The van der Waals surface area contributed by atoms with Gasteiger partial charge >= 0.3 is 0 Å². The van der Waals surface area contributed by atoms with Crippen LogP contribution in [0, 0.1) is 12.1 Å². The van der Waals surface area contributed by atoms with E-state index in [-0.39, 0.29) is 23.2 Å². The fraction of sp³-hybridized carbons (Fsp3) is 0.250. The number of aryl methyl sites for hydroxylation is 1. The molecule has 2 rings (SSSR count). The van der Waals surface area contributed by atoms with E-state index >= 15 is 0 Å². The van der Waals surface area contributed by atoms with E-state index in [9.17, 15) is 14.8 Å². The van der Waals surface area contributed by atoms with Crippen LogP contribution in [0.15, 0.2) is 17.1 Å². The van der Waals surface area contributed by atoms with Gasteiger partial charge in [-0.25, -0.2) is 0 Å². The molecule has 1 unspecified atom stereocenters. The lowest BCUT2D eigenvalue weighted by molar-refractivity contribution is -0.655. The third kappa shape index (κ3) is 2.44. The maximum atomic E-state index is 11.5. The van der Waals surface area contributed by atoms with Gasteiger partial charge in [-0.1, -0.05) is 0 Å². The molecule has 1 aromatic carbocycles. The number of amides is 1. The Balaban J connectivity index is 2.23. The number of carbonyl (C=O) groups excluding carboxylic acids is 2. The number of Topliss-reactive ketones (excluding diaryl/α,β-unsaturated/α-hetero) is 1. The second-order valence-corrected chi connectivity index (χ2v) is 4.23. The number of carbonyl (C=O) groups is 2. The lowest BCUT2D eigenvalue weighted by atomic mass is 10.1. The van der Waals surface area contributed by atoms with Crippen molar-refractivity contribution in [2.75, 3.05) is 5.32 Å². The van der Waals surface area contributed by atoms with Crippen LogP contribution >= 0.6 is 0 Å². The Labute approximate surface area is 104 Å². The van der Waals surface area contributed by atoms with Crippen LogP contribution in [0.5, 0.6) is 0 Å². The summed E-state index contributed by atoms with van der Waals surface area (Å²) >= 11 is 0.